The Kier molecular flexibility index (Phi) is 38.3. The van der Waals surface area contributed by atoms with E-state index < -0.39 is 158 Å². The molecule has 34 heteroatoms. The van der Waals surface area contributed by atoms with Gasteiger partial charge in [-0.25, -0.2) is 14.4 Å². The number of likely N-dealkylation sites (tertiary alicyclic amines) is 3. The molecule has 3 unspecified atom stereocenters. The summed E-state index contributed by atoms with van der Waals surface area (Å²) >= 11 is 13.1. The smallest absolute Gasteiger partial charge is 0.408 e. The Bertz CT molecular complexity index is 4750. The average molecular weight is 1940 g/mol. The molecular formula is C103H147Cl2N13O19. The second kappa shape index (κ2) is 47.7. The molecule has 3 heterocycles. The minimum atomic E-state index is -1.24. The Labute approximate surface area is 817 Å². The van der Waals surface area contributed by atoms with Crippen molar-refractivity contribution in [3.05, 3.63) is 135 Å². The summed E-state index contributed by atoms with van der Waals surface area (Å²) in [5.41, 5.74) is 0.515. The number of alkyl carbamates (subject to hydrolysis) is 3. The molecule has 2 aromatic rings. The SMILES string of the molecule is C=CCCC(NC(=O)[C@@H]1[C@@H]2[C@H](CN1C(=O)[C@@H](NC(=O)OC(C)(C)C)C1CCCCC1)C2(C)C)C(=O)C(=O)NCCC(=O)N(C)Cc1ccccc1.C=CCCC(NC(=O)[C@@H]1[C@@H]2[C@H](CN1C(=O)[C@@H](NC(=O)OC(C)(C)C)C1Cc3ccccc3C1)C2(Cl)Cl)C(=O)C(=O)NCC=C.C=CCCNC(=O)C(=O)C(CCC=C)NC(=O)[C@@H]1[C@@H]2[C@H](CN1C(=O)[C@@H](NC(=O)OC(C)(C)C)C1CCCCC1)C2(C)C. The highest BCUT2D eigenvalue weighted by Gasteiger charge is 2.75. The summed E-state index contributed by atoms with van der Waals surface area (Å²) in [7, 11) is 1.68. The largest absolute Gasteiger partial charge is 0.444 e. The van der Waals surface area contributed by atoms with Crippen LogP contribution in [0.1, 0.15) is 222 Å². The van der Waals surface area contributed by atoms with Crippen LogP contribution in [0.25, 0.3) is 0 Å². The van der Waals surface area contributed by atoms with E-state index in [1.807, 2.05) is 54.6 Å². The van der Waals surface area contributed by atoms with Crippen molar-refractivity contribution in [2.24, 2.45) is 64.1 Å². The highest BCUT2D eigenvalue weighted by atomic mass is 35.5. The zero-order valence-corrected chi connectivity index (χ0v) is 83.9. The van der Waals surface area contributed by atoms with Gasteiger partial charge in [0.2, 0.25) is 58.7 Å². The van der Waals surface area contributed by atoms with E-state index >= 15 is 0 Å². The average Bonchev–Trinajstić information content (AvgIpc) is 1.53. The van der Waals surface area contributed by atoms with Gasteiger partial charge in [-0.05, 0) is 215 Å². The first-order chi connectivity index (χ1) is 64.5. The van der Waals surface area contributed by atoms with Crippen molar-refractivity contribution in [3.63, 3.8) is 0 Å². The molecule has 32 nitrogen and oxygen atoms in total. The van der Waals surface area contributed by atoms with Gasteiger partial charge in [-0.3, -0.25) is 62.3 Å². The lowest BCUT2D eigenvalue weighted by molar-refractivity contribution is -0.145. The van der Waals surface area contributed by atoms with Crippen molar-refractivity contribution < 1.29 is 90.9 Å². The molecule has 5 saturated carbocycles. The Morgan fingerprint density at radius 3 is 1.12 bits per heavy atom. The Morgan fingerprint density at radius 2 is 0.766 bits per heavy atom. The minimum Gasteiger partial charge on any atom is -0.444 e. The van der Waals surface area contributed by atoms with Crippen LogP contribution >= 0.6 is 23.2 Å². The van der Waals surface area contributed by atoms with Gasteiger partial charge in [0.25, 0.3) is 17.7 Å². The number of benzene rings is 2. The third-order valence-electron chi connectivity index (χ3n) is 27.9. The zero-order valence-electron chi connectivity index (χ0n) is 82.4. The van der Waals surface area contributed by atoms with Gasteiger partial charge in [0.15, 0.2) is 0 Å². The van der Waals surface area contributed by atoms with Crippen LogP contribution < -0.4 is 47.9 Å². The molecular weight excluding hydrogens is 1790 g/mol. The summed E-state index contributed by atoms with van der Waals surface area (Å²) in [6, 6.07) is 8.51. The summed E-state index contributed by atoms with van der Waals surface area (Å²) < 4.78 is 15.3. The fourth-order valence-electron chi connectivity index (χ4n) is 20.5. The van der Waals surface area contributed by atoms with Gasteiger partial charge in [-0.15, -0.1) is 56.1 Å². The minimum absolute atomic E-state index is 0.00280. The summed E-state index contributed by atoms with van der Waals surface area (Å²) in [4.78, 5) is 220. The quantitative estimate of drug-likeness (QED) is 0.00984. The lowest BCUT2D eigenvalue weighted by atomic mass is 9.83. The third kappa shape index (κ3) is 29.0. The number of nitrogens with one attached hydrogen (secondary N) is 9. The van der Waals surface area contributed by atoms with Crippen LogP contribution in [-0.2, 0) is 95.9 Å². The standard InChI is InChI=1S/C39H57N5O7.C32H40Cl2N4O6.C32H50N4O6/c1-8-9-20-28(33(46)35(48)40-22-21-29(45)43(7)23-25-16-12-10-13-17-25)41-34(47)32-30-27(39(30,5)6)24-44(32)36(49)31(26-18-14-11-15-19-26)42-37(50)51-38(2,3)4;1-6-8-13-22(26(39)28(41)35-14-7-2)36-27(40)25-23-21(32(23,33)34)17-38(25)29(42)24(37-30(43)44-31(3,4)5)20-15-18-11-9-10-12-19(18)16-20;1-8-10-17-22(26(37)28(39)33-18-11-9-2)34-27(38)25-23-21(32(23,6)7)19-36(25)29(40)24(20-15-13-12-14-16-20)35-30(41)42-31(3,4)5/h8,10,12-13,16-17,26-28,30-32H,1,9,11,14-15,18-24H2,2-7H3,(H,40,48)(H,41,47)(H,42,50);6-7,9-12,20-25H,1-2,8,13-17H2,3-5H3,(H,35,41)(H,36,40)(H,37,43);8-9,20-25H,1-2,10-19H2,3-7H3,(H,33,39)(H,34,38)(H,35,41)/t27-,28?,30-,31-,32-;2*21-,22?,23-,24-,25-/m000/s1. The number of allylic oxidation sites excluding steroid dienone is 3. The van der Waals surface area contributed by atoms with Gasteiger partial charge in [0.05, 0.1) is 18.1 Å². The molecule has 3 saturated heterocycles. The third-order valence-corrected chi connectivity index (χ3v) is 29.0. The molecule has 9 aliphatic rings. The fraction of sp³-hybridized carbons (Fsp3) is 0.631. The number of carbonyl (C=O) groups excluding carboxylic acids is 16. The number of piperidine rings is 3. The van der Waals surface area contributed by atoms with Crippen molar-refractivity contribution in [2.75, 3.05) is 46.3 Å². The van der Waals surface area contributed by atoms with E-state index in [0.717, 1.165) is 80.9 Å². The van der Waals surface area contributed by atoms with E-state index in [0.29, 0.717) is 58.2 Å². The van der Waals surface area contributed by atoms with Gasteiger partial charge in [-0.2, -0.15) is 0 Å². The number of fused-ring (bicyclic) bond motifs is 4. The highest BCUT2D eigenvalue weighted by Crippen LogP contribution is 2.67. The van der Waals surface area contributed by atoms with Crippen LogP contribution in [0, 0.1) is 64.1 Å². The normalized spacial score (nSPS) is 23.1. The van der Waals surface area contributed by atoms with E-state index in [1.54, 1.807) is 108 Å². The molecule has 8 fully saturated rings. The van der Waals surface area contributed by atoms with Gasteiger partial charge in [0, 0.05) is 71.1 Å². The van der Waals surface area contributed by atoms with E-state index in [2.05, 4.69) is 108 Å². The molecule has 0 bridgehead atoms. The number of hydrogen-bond donors (Lipinski definition) is 9. The molecule has 752 valence electrons. The van der Waals surface area contributed by atoms with Crippen molar-refractivity contribution in [1.82, 2.24) is 67.5 Å². The maximum Gasteiger partial charge on any atom is 0.408 e. The van der Waals surface area contributed by atoms with Crippen molar-refractivity contribution >= 4 is 118 Å². The van der Waals surface area contributed by atoms with E-state index in [-0.39, 0.29) is 128 Å². The molecule has 0 spiro atoms. The zero-order chi connectivity index (χ0) is 101. The van der Waals surface area contributed by atoms with Gasteiger partial charge in [0.1, 0.15) is 57.4 Å². The monoisotopic (exact) mass is 1940 g/mol. The lowest BCUT2D eigenvalue weighted by Crippen LogP contribution is -2.60. The number of ketones is 3. The fourth-order valence-corrected chi connectivity index (χ4v) is 21.4. The van der Waals surface area contributed by atoms with Crippen LogP contribution in [0.5, 0.6) is 0 Å². The maximum atomic E-state index is 14.4. The lowest BCUT2D eigenvalue weighted by Gasteiger charge is -2.37. The number of amides is 13. The van der Waals surface area contributed by atoms with Crippen LogP contribution in [0.15, 0.2) is 118 Å². The van der Waals surface area contributed by atoms with E-state index in [9.17, 15) is 76.7 Å². The number of ether oxygens (including phenoxy) is 3. The topological polar surface area (TPSA) is 422 Å². The Balaban J connectivity index is 0.000000231. The van der Waals surface area contributed by atoms with Crippen LogP contribution in [0.3, 0.4) is 0 Å². The first-order valence-electron chi connectivity index (χ1n) is 48.5. The first-order valence-corrected chi connectivity index (χ1v) is 49.3. The molecule has 0 aromatic heterocycles. The van der Waals surface area contributed by atoms with Crippen LogP contribution in [-0.4, -0.2) is 236 Å². The second-order valence-electron chi connectivity index (χ2n) is 42.1. The second-order valence-corrected chi connectivity index (χ2v) is 43.5. The summed E-state index contributed by atoms with van der Waals surface area (Å²) in [6.45, 7) is 43.8. The molecule has 3 aliphatic heterocycles. The van der Waals surface area contributed by atoms with Crippen LogP contribution in [0.4, 0.5) is 14.4 Å². The first kappa shape index (κ1) is 110. The van der Waals surface area contributed by atoms with Gasteiger partial charge < -0.3 is 81.7 Å². The molecule has 15 atom stereocenters. The van der Waals surface area contributed by atoms with Gasteiger partial charge >= 0.3 is 18.3 Å². The number of nitrogens with zero attached hydrogens (tertiary/aromatic N) is 4. The molecule has 9 N–H and O–H groups in total. The van der Waals surface area contributed by atoms with Crippen molar-refractivity contribution in [3.8, 4) is 0 Å². The number of hydrogen-bond acceptors (Lipinski definition) is 19. The molecule has 13 amide bonds. The number of halogens is 2. The number of rotatable bonds is 40. The number of alkyl halides is 2. The molecule has 137 heavy (non-hydrogen) atoms. The summed E-state index contributed by atoms with van der Waals surface area (Å²) in [6.07, 6.45) is 18.1. The van der Waals surface area contributed by atoms with E-state index in [4.69, 9.17) is 37.4 Å². The summed E-state index contributed by atoms with van der Waals surface area (Å²) in [5.74, 6) is -9.29. The van der Waals surface area contributed by atoms with Crippen molar-refractivity contribution in [1.29, 1.82) is 0 Å². The number of Topliss-reactive ketones (excluding diaryl/α,β-unsaturated/α-hetero) is 3. The molecule has 6 aliphatic carbocycles. The summed E-state index contributed by atoms with van der Waals surface area (Å²) in [5, 5.41) is 24.3. The number of carbonyl (C=O) groups is 16. The van der Waals surface area contributed by atoms with E-state index in [1.165, 1.54) is 11.0 Å². The molecule has 11 rings (SSSR count). The van der Waals surface area contributed by atoms with Crippen molar-refractivity contribution in [2.45, 2.75) is 300 Å². The molecule has 2 aromatic carbocycles. The Hall–Kier alpha value is -10.8. The maximum absolute atomic E-state index is 14.4. The predicted octanol–water partition coefficient (Wildman–Crippen LogP) is 11.0. The van der Waals surface area contributed by atoms with Crippen LogP contribution in [0.2, 0.25) is 0 Å². The predicted molar refractivity (Wildman–Crippen MR) is 520 cm³/mol. The van der Waals surface area contributed by atoms with Gasteiger partial charge in [-0.1, -0.05) is 151 Å². The highest BCUT2D eigenvalue weighted by molar-refractivity contribution is 6.51. The Morgan fingerprint density at radius 1 is 0.431 bits per heavy atom. The molecule has 0 radical (unpaired) electrons.